The number of likely N-dealkylation sites (N-methyl/N-ethyl adjacent to an activating group) is 1. The van der Waals surface area contributed by atoms with Crippen LogP contribution in [-0.2, 0) is 0 Å². The van der Waals surface area contributed by atoms with Crippen molar-refractivity contribution in [3.05, 3.63) is 0 Å². The van der Waals surface area contributed by atoms with Crippen molar-refractivity contribution in [3.8, 4) is 0 Å². The van der Waals surface area contributed by atoms with Crippen molar-refractivity contribution in [2.45, 2.75) is 63.5 Å². The first-order valence-electron chi connectivity index (χ1n) is 6.61. The summed E-state index contributed by atoms with van der Waals surface area (Å²) in [6.45, 7) is 3.25. The van der Waals surface area contributed by atoms with Crippen LogP contribution in [0.3, 0.4) is 0 Å². The second-order valence-electron chi connectivity index (χ2n) is 5.81. The first-order chi connectivity index (χ1) is 7.18. The summed E-state index contributed by atoms with van der Waals surface area (Å²) in [6, 6.07) is 0.849. The van der Waals surface area contributed by atoms with Crippen LogP contribution in [0.15, 0.2) is 0 Å². The van der Waals surface area contributed by atoms with Gasteiger partial charge in [-0.3, -0.25) is 4.90 Å². The summed E-state index contributed by atoms with van der Waals surface area (Å²) < 4.78 is 0. The molecule has 2 aliphatic carbocycles. The van der Waals surface area contributed by atoms with E-state index in [9.17, 15) is 0 Å². The highest BCUT2D eigenvalue weighted by Crippen LogP contribution is 2.39. The highest BCUT2D eigenvalue weighted by molar-refractivity contribution is 4.98. The summed E-state index contributed by atoms with van der Waals surface area (Å²) in [6.07, 6.45) is 9.57. The molecular formula is C13H26N2. The Labute approximate surface area is 94.2 Å². The molecule has 0 aromatic heterocycles. The molecule has 0 aromatic carbocycles. The Morgan fingerprint density at radius 3 is 2.53 bits per heavy atom. The molecule has 0 bridgehead atoms. The van der Waals surface area contributed by atoms with Crippen LogP contribution in [-0.4, -0.2) is 30.1 Å². The summed E-state index contributed by atoms with van der Waals surface area (Å²) in [5, 5.41) is 0. The van der Waals surface area contributed by atoms with Crippen LogP contribution in [0.1, 0.15) is 51.9 Å². The monoisotopic (exact) mass is 210 g/mol. The van der Waals surface area contributed by atoms with Gasteiger partial charge in [0.25, 0.3) is 0 Å². The number of hydrogen-bond acceptors (Lipinski definition) is 2. The SMILES string of the molecule is CC1CCCC(CN)(N(C)C2CC2)CC1. The van der Waals surface area contributed by atoms with E-state index in [2.05, 4.69) is 18.9 Å². The van der Waals surface area contributed by atoms with Gasteiger partial charge in [0.15, 0.2) is 0 Å². The summed E-state index contributed by atoms with van der Waals surface area (Å²) in [4.78, 5) is 2.62. The molecule has 0 saturated heterocycles. The van der Waals surface area contributed by atoms with Gasteiger partial charge in [0.05, 0.1) is 0 Å². The van der Waals surface area contributed by atoms with E-state index >= 15 is 0 Å². The van der Waals surface area contributed by atoms with Crippen LogP contribution in [0.25, 0.3) is 0 Å². The first kappa shape index (κ1) is 11.4. The number of nitrogens with zero attached hydrogens (tertiary/aromatic N) is 1. The van der Waals surface area contributed by atoms with Gasteiger partial charge >= 0.3 is 0 Å². The molecule has 2 nitrogen and oxygen atoms in total. The van der Waals surface area contributed by atoms with Gasteiger partial charge in [-0.2, -0.15) is 0 Å². The van der Waals surface area contributed by atoms with E-state index in [1.807, 2.05) is 0 Å². The lowest BCUT2D eigenvalue weighted by Crippen LogP contribution is -2.52. The number of rotatable bonds is 3. The second-order valence-corrected chi connectivity index (χ2v) is 5.81. The zero-order chi connectivity index (χ0) is 10.9. The Morgan fingerprint density at radius 1 is 1.20 bits per heavy atom. The molecular weight excluding hydrogens is 184 g/mol. The molecule has 15 heavy (non-hydrogen) atoms. The maximum Gasteiger partial charge on any atom is 0.0331 e. The second kappa shape index (κ2) is 4.42. The van der Waals surface area contributed by atoms with E-state index in [4.69, 9.17) is 5.73 Å². The summed E-state index contributed by atoms with van der Waals surface area (Å²) in [5.74, 6) is 0.908. The fourth-order valence-electron chi connectivity index (χ4n) is 3.11. The van der Waals surface area contributed by atoms with Crippen molar-refractivity contribution in [1.29, 1.82) is 0 Å². The molecule has 2 aliphatic rings. The summed E-state index contributed by atoms with van der Waals surface area (Å²) in [5.41, 5.74) is 6.42. The van der Waals surface area contributed by atoms with E-state index in [-0.39, 0.29) is 0 Å². The molecule has 2 atom stereocenters. The van der Waals surface area contributed by atoms with Crippen molar-refractivity contribution in [1.82, 2.24) is 4.90 Å². The van der Waals surface area contributed by atoms with E-state index in [0.29, 0.717) is 5.54 Å². The molecule has 0 amide bonds. The van der Waals surface area contributed by atoms with Gasteiger partial charge < -0.3 is 5.73 Å². The van der Waals surface area contributed by atoms with Crippen molar-refractivity contribution in [3.63, 3.8) is 0 Å². The Balaban J connectivity index is 2.04. The summed E-state index contributed by atoms with van der Waals surface area (Å²) >= 11 is 0. The van der Waals surface area contributed by atoms with Crippen molar-refractivity contribution >= 4 is 0 Å². The smallest absolute Gasteiger partial charge is 0.0331 e. The molecule has 88 valence electrons. The van der Waals surface area contributed by atoms with Crippen molar-refractivity contribution < 1.29 is 0 Å². The van der Waals surface area contributed by atoms with E-state index < -0.39 is 0 Å². The van der Waals surface area contributed by atoms with Gasteiger partial charge in [0, 0.05) is 18.1 Å². The predicted molar refractivity (Wildman–Crippen MR) is 64.8 cm³/mol. The van der Waals surface area contributed by atoms with E-state index in [1.165, 1.54) is 44.9 Å². The molecule has 0 spiro atoms. The molecule has 2 fully saturated rings. The van der Waals surface area contributed by atoms with Crippen LogP contribution < -0.4 is 5.73 Å². The van der Waals surface area contributed by atoms with E-state index in [0.717, 1.165) is 18.5 Å². The minimum atomic E-state index is 0.339. The van der Waals surface area contributed by atoms with Gasteiger partial charge in [0.2, 0.25) is 0 Å². The maximum absolute atomic E-state index is 6.08. The topological polar surface area (TPSA) is 29.3 Å². The standard InChI is InChI=1S/C13H26N2/c1-11-4-3-8-13(10-14,9-7-11)15(2)12-5-6-12/h11-12H,3-10,14H2,1-2H3. The Morgan fingerprint density at radius 2 is 1.93 bits per heavy atom. The molecule has 0 aliphatic heterocycles. The largest absolute Gasteiger partial charge is 0.329 e. The van der Waals surface area contributed by atoms with Crippen molar-refractivity contribution in [2.24, 2.45) is 11.7 Å². The molecule has 0 heterocycles. The highest BCUT2D eigenvalue weighted by Gasteiger charge is 2.41. The van der Waals surface area contributed by atoms with Gasteiger partial charge in [0.1, 0.15) is 0 Å². The zero-order valence-electron chi connectivity index (χ0n) is 10.3. The fourth-order valence-corrected chi connectivity index (χ4v) is 3.11. The van der Waals surface area contributed by atoms with Crippen LogP contribution in [0.5, 0.6) is 0 Å². The number of nitrogens with two attached hydrogens (primary N) is 1. The first-order valence-corrected chi connectivity index (χ1v) is 6.61. The molecule has 0 radical (unpaired) electrons. The van der Waals surface area contributed by atoms with Gasteiger partial charge in [-0.25, -0.2) is 0 Å². The van der Waals surface area contributed by atoms with E-state index in [1.54, 1.807) is 0 Å². The predicted octanol–water partition coefficient (Wildman–Crippen LogP) is 2.38. The van der Waals surface area contributed by atoms with Crippen molar-refractivity contribution in [2.75, 3.05) is 13.6 Å². The Hall–Kier alpha value is -0.0800. The van der Waals surface area contributed by atoms with Crippen LogP contribution in [0.2, 0.25) is 0 Å². The van der Waals surface area contributed by atoms with Gasteiger partial charge in [-0.15, -0.1) is 0 Å². The fraction of sp³-hybridized carbons (Fsp3) is 1.00. The molecule has 2 N–H and O–H groups in total. The third kappa shape index (κ3) is 2.36. The van der Waals surface area contributed by atoms with Crippen LogP contribution in [0.4, 0.5) is 0 Å². The molecule has 2 unspecified atom stereocenters. The molecule has 2 rings (SSSR count). The van der Waals surface area contributed by atoms with Gasteiger partial charge in [-0.1, -0.05) is 19.8 Å². The average molecular weight is 210 g/mol. The molecule has 2 heteroatoms. The Bertz CT molecular complexity index is 213. The van der Waals surface area contributed by atoms with Crippen LogP contribution in [0, 0.1) is 5.92 Å². The van der Waals surface area contributed by atoms with Gasteiger partial charge in [-0.05, 0) is 45.1 Å². The third-order valence-corrected chi connectivity index (χ3v) is 4.66. The Kier molecular flexibility index (Phi) is 3.36. The normalized spacial score (nSPS) is 38.0. The lowest BCUT2D eigenvalue weighted by molar-refractivity contribution is 0.0981. The maximum atomic E-state index is 6.08. The molecule has 0 aromatic rings. The quantitative estimate of drug-likeness (QED) is 0.725. The zero-order valence-corrected chi connectivity index (χ0v) is 10.3. The third-order valence-electron chi connectivity index (χ3n) is 4.66. The minimum Gasteiger partial charge on any atom is -0.329 e. The molecule has 2 saturated carbocycles. The number of hydrogen-bond donors (Lipinski definition) is 1. The minimum absolute atomic E-state index is 0.339. The van der Waals surface area contributed by atoms with Crippen LogP contribution >= 0.6 is 0 Å². The lowest BCUT2D eigenvalue weighted by atomic mass is 9.88. The lowest BCUT2D eigenvalue weighted by Gasteiger charge is -2.41. The average Bonchev–Trinajstić information content (AvgIpc) is 3.04. The summed E-state index contributed by atoms with van der Waals surface area (Å²) in [7, 11) is 2.31. The highest BCUT2D eigenvalue weighted by atomic mass is 15.2.